The molecule has 0 spiro atoms. The smallest absolute Gasteiger partial charge is 0.227 e. The largest absolute Gasteiger partial charge is 0.332 e. The molecule has 0 saturated heterocycles. The molecule has 19 heavy (non-hydrogen) atoms. The Balaban J connectivity index is 1.68. The van der Waals surface area contributed by atoms with Gasteiger partial charge in [-0.1, -0.05) is 28.1 Å². The summed E-state index contributed by atoms with van der Waals surface area (Å²) in [6, 6.07) is 7.83. The monoisotopic (exact) mass is 317 g/mol. The molecule has 0 radical (unpaired) electrons. The molecule has 96 valence electrons. The Hall–Kier alpha value is -1.75. The number of carbonyl (C=O) groups is 1. The molecule has 1 aliphatic rings. The lowest BCUT2D eigenvalue weighted by Gasteiger charge is -2.14. The van der Waals surface area contributed by atoms with Crippen LogP contribution in [0.2, 0.25) is 0 Å². The van der Waals surface area contributed by atoms with E-state index < -0.39 is 0 Å². The average Bonchev–Trinajstić information content (AvgIpc) is 2.85. The standard InChI is InChI=1S/C14H12BrN3O/c15-12-3-1-10(2-4-12)5-14(19)18-7-11-6-16-9-17-13(11)8-18/h1-4,6,9H,5,7-8H2. The normalized spacial score (nSPS) is 13.4. The zero-order chi connectivity index (χ0) is 13.2. The highest BCUT2D eigenvalue weighted by molar-refractivity contribution is 9.10. The molecule has 2 aromatic rings. The molecule has 1 aromatic heterocycles. The van der Waals surface area contributed by atoms with Crippen molar-refractivity contribution >= 4 is 21.8 Å². The number of hydrogen-bond acceptors (Lipinski definition) is 3. The molecule has 0 saturated carbocycles. The second kappa shape index (κ2) is 5.09. The van der Waals surface area contributed by atoms with E-state index in [4.69, 9.17) is 0 Å². The summed E-state index contributed by atoms with van der Waals surface area (Å²) in [7, 11) is 0. The fourth-order valence-electron chi connectivity index (χ4n) is 2.17. The predicted octanol–water partition coefficient (Wildman–Crippen LogP) is 2.32. The molecule has 5 heteroatoms. The second-order valence-corrected chi connectivity index (χ2v) is 5.46. The second-order valence-electron chi connectivity index (χ2n) is 4.55. The van der Waals surface area contributed by atoms with Crippen LogP contribution in [0.5, 0.6) is 0 Å². The maximum Gasteiger partial charge on any atom is 0.227 e. The van der Waals surface area contributed by atoms with Gasteiger partial charge in [0.1, 0.15) is 6.33 Å². The number of carbonyl (C=O) groups excluding carboxylic acids is 1. The van der Waals surface area contributed by atoms with Crippen molar-refractivity contribution in [2.45, 2.75) is 19.5 Å². The number of fused-ring (bicyclic) bond motifs is 1. The Kier molecular flexibility index (Phi) is 3.29. The summed E-state index contributed by atoms with van der Waals surface area (Å²) in [5.74, 6) is 0.125. The van der Waals surface area contributed by atoms with Gasteiger partial charge in [-0.2, -0.15) is 0 Å². The molecule has 0 unspecified atom stereocenters. The van der Waals surface area contributed by atoms with Crippen LogP contribution in [-0.4, -0.2) is 20.8 Å². The van der Waals surface area contributed by atoms with E-state index in [1.54, 1.807) is 6.20 Å². The van der Waals surface area contributed by atoms with E-state index in [0.717, 1.165) is 21.3 Å². The van der Waals surface area contributed by atoms with Gasteiger partial charge in [0.2, 0.25) is 5.91 Å². The summed E-state index contributed by atoms with van der Waals surface area (Å²) < 4.78 is 1.02. The maximum absolute atomic E-state index is 12.2. The highest BCUT2D eigenvalue weighted by Crippen LogP contribution is 2.20. The molecule has 3 rings (SSSR count). The zero-order valence-corrected chi connectivity index (χ0v) is 11.8. The molecule has 0 fully saturated rings. The van der Waals surface area contributed by atoms with Crippen molar-refractivity contribution in [3.05, 3.63) is 58.1 Å². The Morgan fingerprint density at radius 1 is 1.26 bits per heavy atom. The number of hydrogen-bond donors (Lipinski definition) is 0. The highest BCUT2D eigenvalue weighted by atomic mass is 79.9. The van der Waals surface area contributed by atoms with Gasteiger partial charge in [0, 0.05) is 22.8 Å². The SMILES string of the molecule is O=C(Cc1ccc(Br)cc1)N1Cc2cncnc2C1. The van der Waals surface area contributed by atoms with Gasteiger partial charge in [-0.25, -0.2) is 9.97 Å². The highest BCUT2D eigenvalue weighted by Gasteiger charge is 2.24. The third-order valence-electron chi connectivity index (χ3n) is 3.20. The van der Waals surface area contributed by atoms with Gasteiger partial charge in [-0.15, -0.1) is 0 Å². The minimum absolute atomic E-state index is 0.125. The van der Waals surface area contributed by atoms with Crippen LogP contribution in [-0.2, 0) is 24.3 Å². The number of nitrogens with zero attached hydrogens (tertiary/aromatic N) is 3. The molecule has 2 heterocycles. The van der Waals surface area contributed by atoms with E-state index >= 15 is 0 Å². The van der Waals surface area contributed by atoms with Crippen LogP contribution in [0.1, 0.15) is 16.8 Å². The van der Waals surface area contributed by atoms with E-state index in [2.05, 4.69) is 25.9 Å². The first kappa shape index (κ1) is 12.3. The van der Waals surface area contributed by atoms with Crippen LogP contribution in [0.15, 0.2) is 41.3 Å². The molecule has 0 atom stereocenters. The molecular weight excluding hydrogens is 306 g/mol. The number of aromatic nitrogens is 2. The summed E-state index contributed by atoms with van der Waals surface area (Å²) in [5, 5.41) is 0. The van der Waals surface area contributed by atoms with E-state index in [1.165, 1.54) is 6.33 Å². The first-order chi connectivity index (χ1) is 9.22. The van der Waals surface area contributed by atoms with E-state index in [0.29, 0.717) is 19.5 Å². The van der Waals surface area contributed by atoms with Gasteiger partial charge in [0.25, 0.3) is 0 Å². The quantitative estimate of drug-likeness (QED) is 0.854. The maximum atomic E-state index is 12.2. The summed E-state index contributed by atoms with van der Waals surface area (Å²) in [6.45, 7) is 1.21. The van der Waals surface area contributed by atoms with Gasteiger partial charge in [0.15, 0.2) is 0 Å². The summed E-state index contributed by atoms with van der Waals surface area (Å²) in [6.07, 6.45) is 3.74. The van der Waals surface area contributed by atoms with E-state index in [9.17, 15) is 4.79 Å². The number of rotatable bonds is 2. The molecule has 1 aromatic carbocycles. The summed E-state index contributed by atoms with van der Waals surface area (Å²) in [4.78, 5) is 22.2. The van der Waals surface area contributed by atoms with Gasteiger partial charge in [-0.3, -0.25) is 4.79 Å². The zero-order valence-electron chi connectivity index (χ0n) is 10.2. The Morgan fingerprint density at radius 2 is 2.05 bits per heavy atom. The molecule has 0 aliphatic carbocycles. The number of halogens is 1. The molecule has 1 amide bonds. The van der Waals surface area contributed by atoms with Crippen LogP contribution in [0.3, 0.4) is 0 Å². The Labute approximate surface area is 119 Å². The van der Waals surface area contributed by atoms with Crippen LogP contribution < -0.4 is 0 Å². The van der Waals surface area contributed by atoms with E-state index in [-0.39, 0.29) is 5.91 Å². The molecular formula is C14H12BrN3O. The molecule has 4 nitrogen and oxygen atoms in total. The van der Waals surface area contributed by atoms with Crippen molar-refractivity contribution in [1.82, 2.24) is 14.9 Å². The first-order valence-electron chi connectivity index (χ1n) is 6.02. The third kappa shape index (κ3) is 2.66. The molecule has 0 bridgehead atoms. The van der Waals surface area contributed by atoms with Crippen LogP contribution in [0.25, 0.3) is 0 Å². The fourth-order valence-corrected chi connectivity index (χ4v) is 2.43. The lowest BCUT2D eigenvalue weighted by atomic mass is 10.1. The summed E-state index contributed by atoms with van der Waals surface area (Å²) in [5.41, 5.74) is 3.03. The Bertz CT molecular complexity index is 587. The van der Waals surface area contributed by atoms with Crippen LogP contribution in [0.4, 0.5) is 0 Å². The topological polar surface area (TPSA) is 46.1 Å². The first-order valence-corrected chi connectivity index (χ1v) is 6.81. The number of amides is 1. The van der Waals surface area contributed by atoms with Crippen molar-refractivity contribution in [2.75, 3.05) is 0 Å². The van der Waals surface area contributed by atoms with Gasteiger partial charge in [0.05, 0.1) is 18.7 Å². The molecule has 0 N–H and O–H groups in total. The molecule has 1 aliphatic heterocycles. The van der Waals surface area contributed by atoms with Crippen molar-refractivity contribution in [2.24, 2.45) is 0 Å². The third-order valence-corrected chi connectivity index (χ3v) is 3.73. The predicted molar refractivity (Wildman–Crippen MR) is 74.1 cm³/mol. The number of benzene rings is 1. The lowest BCUT2D eigenvalue weighted by molar-refractivity contribution is -0.131. The minimum atomic E-state index is 0.125. The van der Waals surface area contributed by atoms with Crippen molar-refractivity contribution < 1.29 is 4.79 Å². The van der Waals surface area contributed by atoms with Crippen molar-refractivity contribution in [3.63, 3.8) is 0 Å². The summed E-state index contributed by atoms with van der Waals surface area (Å²) >= 11 is 3.39. The minimum Gasteiger partial charge on any atom is -0.332 e. The van der Waals surface area contributed by atoms with Crippen LogP contribution >= 0.6 is 15.9 Å². The van der Waals surface area contributed by atoms with Crippen molar-refractivity contribution in [3.8, 4) is 0 Å². The lowest BCUT2D eigenvalue weighted by Crippen LogP contribution is -2.26. The van der Waals surface area contributed by atoms with Gasteiger partial charge in [-0.05, 0) is 17.7 Å². The Morgan fingerprint density at radius 3 is 2.79 bits per heavy atom. The fraction of sp³-hybridized carbons (Fsp3) is 0.214. The average molecular weight is 318 g/mol. The van der Waals surface area contributed by atoms with Gasteiger partial charge >= 0.3 is 0 Å². The van der Waals surface area contributed by atoms with Crippen molar-refractivity contribution in [1.29, 1.82) is 0 Å². The van der Waals surface area contributed by atoms with E-state index in [1.807, 2.05) is 29.2 Å². The van der Waals surface area contributed by atoms with Crippen LogP contribution in [0, 0.1) is 0 Å². The van der Waals surface area contributed by atoms with Gasteiger partial charge < -0.3 is 4.90 Å².